The molecule has 11 nitrogen and oxygen atoms in total. The molecule has 2 aromatic carbocycles. The lowest BCUT2D eigenvalue weighted by Crippen LogP contribution is -2.59. The number of nitrogens with one attached hydrogen (secondary N) is 1. The van der Waals surface area contributed by atoms with E-state index >= 15 is 0 Å². The molecule has 0 aliphatic carbocycles. The van der Waals surface area contributed by atoms with Gasteiger partial charge in [-0.1, -0.05) is 37.1 Å². The molecule has 2 aromatic rings. The number of thioether (sulfide) groups is 1. The second kappa shape index (κ2) is 13.0. The van der Waals surface area contributed by atoms with Crippen LogP contribution in [0.5, 0.6) is 0 Å². The third kappa shape index (κ3) is 6.43. The number of imide groups is 1. The van der Waals surface area contributed by atoms with Gasteiger partial charge in [0.2, 0.25) is 0 Å². The number of aliphatic imine (C=N–C) groups is 1. The second-order valence-electron chi connectivity index (χ2n) is 10.1. The average Bonchev–Trinajstić information content (AvgIpc) is 3.13. The van der Waals surface area contributed by atoms with Crippen LogP contribution in [0.1, 0.15) is 40.0 Å². The highest BCUT2D eigenvalue weighted by Crippen LogP contribution is 2.36. The first kappa shape index (κ1) is 31.8. The fourth-order valence-corrected chi connectivity index (χ4v) is 6.84. The van der Waals surface area contributed by atoms with Crippen molar-refractivity contribution in [2.75, 3.05) is 31.3 Å². The van der Waals surface area contributed by atoms with Crippen molar-refractivity contribution in [2.24, 2.45) is 4.99 Å². The number of carbonyl (C=O) groups excluding carboxylic acids is 3. The number of para-hydroxylation sites is 1. The van der Waals surface area contributed by atoms with E-state index in [0.29, 0.717) is 27.1 Å². The van der Waals surface area contributed by atoms with E-state index in [1.165, 1.54) is 43.8 Å². The van der Waals surface area contributed by atoms with Gasteiger partial charge < -0.3 is 14.8 Å². The van der Waals surface area contributed by atoms with Gasteiger partial charge in [-0.3, -0.25) is 13.9 Å². The number of amides is 3. The molecule has 226 valence electrons. The van der Waals surface area contributed by atoms with Crippen molar-refractivity contribution in [3.63, 3.8) is 0 Å². The van der Waals surface area contributed by atoms with E-state index in [2.05, 4.69) is 10.3 Å². The maximum atomic E-state index is 14.1. The van der Waals surface area contributed by atoms with Crippen LogP contribution in [0.25, 0.3) is 0 Å². The van der Waals surface area contributed by atoms with Gasteiger partial charge in [0, 0.05) is 29.7 Å². The Labute approximate surface area is 254 Å². The lowest BCUT2D eigenvalue weighted by molar-refractivity contribution is -0.137. The summed E-state index contributed by atoms with van der Waals surface area (Å²) >= 11 is 7.53. The Balaban J connectivity index is 1.82. The number of rotatable bonds is 12. The third-order valence-corrected chi connectivity index (χ3v) is 9.54. The molecule has 1 fully saturated rings. The topological polar surface area (TPSA) is 135 Å². The van der Waals surface area contributed by atoms with Crippen molar-refractivity contribution in [3.8, 4) is 0 Å². The Morgan fingerprint density at radius 2 is 1.88 bits per heavy atom. The molecule has 0 radical (unpaired) electrons. The summed E-state index contributed by atoms with van der Waals surface area (Å²) in [6.07, 6.45) is 2.79. The molecule has 14 heteroatoms. The van der Waals surface area contributed by atoms with E-state index < -0.39 is 39.6 Å². The molecule has 0 bridgehead atoms. The smallest absolute Gasteiger partial charge is 0.418 e. The molecule has 1 unspecified atom stereocenters. The molecule has 0 spiro atoms. The highest BCUT2D eigenvalue weighted by atomic mass is 35.5. The van der Waals surface area contributed by atoms with Crippen molar-refractivity contribution in [3.05, 3.63) is 47.5 Å². The summed E-state index contributed by atoms with van der Waals surface area (Å²) in [7, 11) is -4.24. The summed E-state index contributed by atoms with van der Waals surface area (Å²) < 4.78 is 39.8. The normalized spacial score (nSPS) is 17.9. The molecule has 2 heterocycles. The molecule has 0 saturated carbocycles. The molecule has 0 aromatic heterocycles. The van der Waals surface area contributed by atoms with Gasteiger partial charge in [0.25, 0.3) is 21.8 Å². The summed E-state index contributed by atoms with van der Waals surface area (Å²) in [4.78, 5) is 46.5. The molecular weight excluding hydrogens is 604 g/mol. The van der Waals surface area contributed by atoms with Gasteiger partial charge in [-0.2, -0.15) is 0 Å². The van der Waals surface area contributed by atoms with Crippen molar-refractivity contribution >= 4 is 68.5 Å². The zero-order chi connectivity index (χ0) is 30.7. The number of anilines is 1. The van der Waals surface area contributed by atoms with Crippen LogP contribution < -0.4 is 5.32 Å². The van der Waals surface area contributed by atoms with E-state index in [1.807, 2.05) is 6.92 Å². The predicted octanol–water partition coefficient (Wildman–Crippen LogP) is 5.07. The monoisotopic (exact) mass is 636 g/mol. The Hall–Kier alpha value is -3.13. The molecule has 1 saturated heterocycles. The highest BCUT2D eigenvalue weighted by molar-refractivity contribution is 7.98. The van der Waals surface area contributed by atoms with Crippen LogP contribution in [0.3, 0.4) is 0 Å². The van der Waals surface area contributed by atoms with E-state index in [1.54, 1.807) is 30.5 Å². The van der Waals surface area contributed by atoms with E-state index in [0.717, 1.165) is 17.1 Å². The fraction of sp³-hybridized carbons (Fsp3) is 0.429. The summed E-state index contributed by atoms with van der Waals surface area (Å²) in [6.45, 7) is 5.50. The molecule has 2 aliphatic rings. The molecular formula is C28H33ClN4O7S2. The molecule has 2 aliphatic heterocycles. The zero-order valence-corrected chi connectivity index (χ0v) is 26.1. The molecule has 3 amide bonds. The SMILES string of the molecule is CCCCOCCCN1C(C(C(=O)Nc2cc(Cl)ccc2SC)N2C(=O)OC(C)(C)C2=O)=Nc2ccccc2S1(=O)=O. The summed E-state index contributed by atoms with van der Waals surface area (Å²) in [5, 5.41) is 3.08. The number of unbranched alkanes of at least 4 members (excludes halogenated alkanes) is 1. The van der Waals surface area contributed by atoms with Crippen molar-refractivity contribution in [2.45, 2.75) is 61.5 Å². The van der Waals surface area contributed by atoms with E-state index in [4.69, 9.17) is 21.1 Å². The van der Waals surface area contributed by atoms with Crippen LogP contribution in [0.15, 0.2) is 57.2 Å². The first-order valence-corrected chi connectivity index (χ1v) is 16.5. The number of fused-ring (bicyclic) bond motifs is 1. The summed E-state index contributed by atoms with van der Waals surface area (Å²) in [5.41, 5.74) is -1.19. The second-order valence-corrected chi connectivity index (χ2v) is 13.2. The van der Waals surface area contributed by atoms with Crippen molar-refractivity contribution < 1.29 is 32.3 Å². The Morgan fingerprint density at radius 1 is 1.17 bits per heavy atom. The number of amidine groups is 1. The number of ether oxygens (including phenoxy) is 2. The predicted molar refractivity (Wildman–Crippen MR) is 161 cm³/mol. The van der Waals surface area contributed by atoms with Crippen molar-refractivity contribution in [1.82, 2.24) is 9.21 Å². The molecule has 1 N–H and O–H groups in total. The van der Waals surface area contributed by atoms with E-state index in [-0.39, 0.29) is 36.0 Å². The molecule has 1 atom stereocenters. The zero-order valence-electron chi connectivity index (χ0n) is 23.8. The third-order valence-electron chi connectivity index (χ3n) is 6.66. The van der Waals surface area contributed by atoms with Crippen LogP contribution in [0, 0.1) is 0 Å². The lowest BCUT2D eigenvalue weighted by Gasteiger charge is -2.35. The highest BCUT2D eigenvalue weighted by Gasteiger charge is 2.55. The number of halogens is 1. The van der Waals surface area contributed by atoms with Gasteiger partial charge in [-0.15, -0.1) is 11.8 Å². The standard InChI is InChI=1S/C28H33ClN4O7S2/c1-5-6-15-39-16-9-14-32-24(30-19-10-7-8-11-22(19)42(32,37)38)23(33-26(35)28(2,3)40-27(33)36)25(34)31-20-17-18(29)12-13-21(20)41-4/h7-8,10-13,17,23H,5-6,9,14-16H2,1-4H3,(H,31,34). The summed E-state index contributed by atoms with van der Waals surface area (Å²) in [5.74, 6) is -1.99. The maximum absolute atomic E-state index is 14.1. The van der Waals surface area contributed by atoms with Gasteiger partial charge in [-0.05, 0) is 63.3 Å². The van der Waals surface area contributed by atoms with Crippen LogP contribution >= 0.6 is 23.4 Å². The Bertz CT molecular complexity index is 1510. The number of benzene rings is 2. The van der Waals surface area contributed by atoms with E-state index in [9.17, 15) is 22.8 Å². The van der Waals surface area contributed by atoms with Gasteiger partial charge in [0.1, 0.15) is 4.90 Å². The fourth-order valence-electron chi connectivity index (χ4n) is 4.52. The number of nitrogens with zero attached hydrogens (tertiary/aromatic N) is 3. The number of cyclic esters (lactones) is 1. The lowest BCUT2D eigenvalue weighted by atomic mass is 10.1. The Kier molecular flexibility index (Phi) is 9.86. The number of sulfonamides is 1. The van der Waals surface area contributed by atoms with Crippen molar-refractivity contribution in [1.29, 1.82) is 0 Å². The Morgan fingerprint density at radius 3 is 2.55 bits per heavy atom. The van der Waals surface area contributed by atoms with Crippen LogP contribution in [-0.4, -0.2) is 79.0 Å². The molecule has 42 heavy (non-hydrogen) atoms. The van der Waals surface area contributed by atoms with Crippen LogP contribution in [0.2, 0.25) is 5.02 Å². The first-order valence-electron chi connectivity index (χ1n) is 13.4. The number of hydrogen-bond donors (Lipinski definition) is 1. The minimum absolute atomic E-state index is 0.0602. The number of carbonyl (C=O) groups is 3. The average molecular weight is 637 g/mol. The quantitative estimate of drug-likeness (QED) is 0.252. The number of hydrogen-bond acceptors (Lipinski definition) is 9. The minimum atomic E-state index is -4.24. The van der Waals surface area contributed by atoms with Gasteiger partial charge in [0.05, 0.1) is 11.4 Å². The molecule has 4 rings (SSSR count). The first-order chi connectivity index (χ1) is 19.9. The van der Waals surface area contributed by atoms with Gasteiger partial charge in [-0.25, -0.2) is 23.1 Å². The van der Waals surface area contributed by atoms with Gasteiger partial charge in [0.15, 0.2) is 17.5 Å². The van der Waals surface area contributed by atoms with Crippen LogP contribution in [-0.2, 0) is 29.1 Å². The summed E-state index contributed by atoms with van der Waals surface area (Å²) in [6, 6.07) is 9.19. The van der Waals surface area contributed by atoms with Crippen LogP contribution in [0.4, 0.5) is 16.2 Å². The maximum Gasteiger partial charge on any atom is 0.418 e. The van der Waals surface area contributed by atoms with Gasteiger partial charge >= 0.3 is 6.09 Å². The minimum Gasteiger partial charge on any atom is -0.433 e. The largest absolute Gasteiger partial charge is 0.433 e.